The number of nitrogens with one attached hydrogen (secondary N) is 2. The molecule has 11 nitrogen and oxygen atoms in total. The fourth-order valence-electron chi connectivity index (χ4n) is 4.73. The first kappa shape index (κ1) is 26.1. The van der Waals surface area contributed by atoms with E-state index in [1.807, 2.05) is 27.9 Å². The van der Waals surface area contributed by atoms with Gasteiger partial charge in [0.05, 0.1) is 19.1 Å². The smallest absolute Gasteiger partial charge is 0.319 e. The molecular weight excluding hydrogens is 508 g/mol. The minimum atomic E-state index is -3.33. The number of halogens is 1. The molecule has 196 valence electrons. The molecule has 3 aliphatic rings. The number of likely N-dealkylation sites (tertiary alicyclic amines) is 1. The van der Waals surface area contributed by atoms with E-state index in [-0.39, 0.29) is 30.0 Å². The summed E-state index contributed by atoms with van der Waals surface area (Å²) in [5.74, 6) is -0.556. The van der Waals surface area contributed by atoms with Crippen LogP contribution in [0, 0.1) is 0 Å². The van der Waals surface area contributed by atoms with Crippen LogP contribution in [-0.4, -0.2) is 103 Å². The van der Waals surface area contributed by atoms with Crippen molar-refractivity contribution in [3.05, 3.63) is 41.2 Å². The number of urea groups is 1. The van der Waals surface area contributed by atoms with Gasteiger partial charge < -0.3 is 30.2 Å². The van der Waals surface area contributed by atoms with Crippen LogP contribution in [0.1, 0.15) is 19.3 Å². The summed E-state index contributed by atoms with van der Waals surface area (Å²) in [4.78, 5) is 46.2. The van der Waals surface area contributed by atoms with Crippen LogP contribution in [0.4, 0.5) is 10.5 Å². The molecule has 3 aliphatic heterocycles. The fourth-order valence-corrected chi connectivity index (χ4v) is 5.52. The first-order valence-electron chi connectivity index (χ1n) is 11.8. The topological polar surface area (TPSA) is 122 Å². The Kier molecular flexibility index (Phi) is 7.65. The van der Waals surface area contributed by atoms with Crippen LogP contribution in [0.3, 0.4) is 0 Å². The van der Waals surface area contributed by atoms with E-state index in [1.54, 1.807) is 29.2 Å². The zero-order chi connectivity index (χ0) is 26.0. The number of anilines is 1. The number of piperidine rings is 1. The number of amides is 4. The number of nitrogens with zero attached hydrogens (tertiary/aromatic N) is 4. The third-order valence-electron chi connectivity index (χ3n) is 6.58. The molecule has 2 N–H and O–H groups in total. The second-order valence-corrected chi connectivity index (χ2v) is 12.2. The van der Waals surface area contributed by atoms with Gasteiger partial charge in [-0.3, -0.25) is 9.59 Å². The van der Waals surface area contributed by atoms with E-state index in [0.717, 1.165) is 6.26 Å². The molecule has 36 heavy (non-hydrogen) atoms. The lowest BCUT2D eigenvalue weighted by atomic mass is 10.0. The van der Waals surface area contributed by atoms with Gasteiger partial charge in [-0.25, -0.2) is 13.2 Å². The van der Waals surface area contributed by atoms with Crippen molar-refractivity contribution in [2.24, 2.45) is 0 Å². The average molecular weight is 539 g/mol. The molecule has 1 aromatic carbocycles. The summed E-state index contributed by atoms with van der Waals surface area (Å²) in [6.45, 7) is 2.06. The Morgan fingerprint density at radius 1 is 1.14 bits per heavy atom. The highest BCUT2D eigenvalue weighted by atomic mass is 35.5. The molecule has 1 atom stereocenters. The van der Waals surface area contributed by atoms with Gasteiger partial charge in [0.2, 0.25) is 5.91 Å². The summed E-state index contributed by atoms with van der Waals surface area (Å²) in [5, 5.41) is 5.79. The molecular formula is C23H31ClN6O5S. The van der Waals surface area contributed by atoms with E-state index >= 15 is 0 Å². The number of rotatable bonds is 7. The summed E-state index contributed by atoms with van der Waals surface area (Å²) >= 11 is 5.87. The molecule has 4 amide bonds. The van der Waals surface area contributed by atoms with Gasteiger partial charge in [0.15, 0.2) is 0 Å². The van der Waals surface area contributed by atoms with E-state index < -0.39 is 21.9 Å². The van der Waals surface area contributed by atoms with Crippen LogP contribution in [0.2, 0.25) is 5.02 Å². The van der Waals surface area contributed by atoms with Crippen molar-refractivity contribution in [3.63, 3.8) is 0 Å². The Balaban J connectivity index is 1.36. The monoisotopic (exact) mass is 538 g/mol. The van der Waals surface area contributed by atoms with E-state index in [0.29, 0.717) is 55.7 Å². The fraction of sp³-hybridized carbons (Fsp3) is 0.522. The number of fused-ring (bicyclic) bond motifs is 1. The maximum Gasteiger partial charge on any atom is 0.319 e. The lowest BCUT2D eigenvalue weighted by Gasteiger charge is -2.38. The van der Waals surface area contributed by atoms with Gasteiger partial charge in [-0.1, -0.05) is 11.6 Å². The Hall–Kier alpha value is -2.99. The van der Waals surface area contributed by atoms with Gasteiger partial charge in [0.25, 0.3) is 5.91 Å². The third kappa shape index (κ3) is 6.22. The predicted octanol–water partition coefficient (Wildman–Crippen LogP) is 1.10. The second-order valence-electron chi connectivity index (χ2n) is 9.50. The molecule has 0 bridgehead atoms. The maximum absolute atomic E-state index is 13.3. The molecule has 2 saturated heterocycles. The Labute approximate surface area is 215 Å². The molecule has 0 aromatic heterocycles. The van der Waals surface area contributed by atoms with E-state index in [2.05, 4.69) is 10.6 Å². The Morgan fingerprint density at radius 2 is 1.81 bits per heavy atom. The molecule has 3 heterocycles. The molecule has 13 heteroatoms. The summed E-state index contributed by atoms with van der Waals surface area (Å²) in [6, 6.07) is 4.91. The standard InChI is InChI=1S/C23H31ClN6O5S/c1-27-13-20-22(32)30(15-29(20)14-27)18-7-10-28(11-8-18)21(31)19(9-12-36(2,34)35)26-23(33)25-17-5-3-16(24)4-6-17/h3-6,13,18-19H,7-12,14-15H2,1-2H3,(H2,25,26,33)/t19-/m1/s1. The van der Waals surface area contributed by atoms with Gasteiger partial charge in [-0.2, -0.15) is 0 Å². The van der Waals surface area contributed by atoms with E-state index in [9.17, 15) is 22.8 Å². The lowest BCUT2D eigenvalue weighted by molar-refractivity contribution is -0.135. The summed E-state index contributed by atoms with van der Waals surface area (Å²) < 4.78 is 23.5. The van der Waals surface area contributed by atoms with Crippen molar-refractivity contribution in [1.82, 2.24) is 24.9 Å². The summed E-state index contributed by atoms with van der Waals surface area (Å²) in [6.07, 6.45) is 4.15. The summed E-state index contributed by atoms with van der Waals surface area (Å²) in [5.41, 5.74) is 1.19. The zero-order valence-electron chi connectivity index (χ0n) is 20.3. The zero-order valence-corrected chi connectivity index (χ0v) is 21.9. The van der Waals surface area contributed by atoms with Gasteiger partial charge in [-0.15, -0.1) is 0 Å². The van der Waals surface area contributed by atoms with Crippen molar-refractivity contribution in [2.75, 3.05) is 50.8 Å². The lowest BCUT2D eigenvalue weighted by Crippen LogP contribution is -2.54. The molecule has 0 spiro atoms. The normalized spacial score (nSPS) is 19.3. The Bertz CT molecular complexity index is 1150. The second kappa shape index (κ2) is 10.6. The van der Waals surface area contributed by atoms with Crippen LogP contribution >= 0.6 is 11.6 Å². The summed E-state index contributed by atoms with van der Waals surface area (Å²) in [7, 11) is -1.41. The van der Waals surface area contributed by atoms with Crippen LogP contribution in [0.5, 0.6) is 0 Å². The highest BCUT2D eigenvalue weighted by Crippen LogP contribution is 2.29. The average Bonchev–Trinajstić information content (AvgIpc) is 3.34. The van der Waals surface area contributed by atoms with Crippen molar-refractivity contribution in [2.45, 2.75) is 31.3 Å². The molecule has 0 saturated carbocycles. The first-order chi connectivity index (χ1) is 17.0. The minimum Gasteiger partial charge on any atom is -0.361 e. The molecule has 0 radical (unpaired) electrons. The largest absolute Gasteiger partial charge is 0.361 e. The van der Waals surface area contributed by atoms with Crippen LogP contribution < -0.4 is 10.6 Å². The van der Waals surface area contributed by atoms with Gasteiger partial charge >= 0.3 is 6.03 Å². The number of benzene rings is 1. The van der Waals surface area contributed by atoms with Crippen molar-refractivity contribution >= 4 is 45.0 Å². The molecule has 0 aliphatic carbocycles. The molecule has 4 rings (SSSR count). The van der Waals surface area contributed by atoms with Crippen molar-refractivity contribution in [3.8, 4) is 0 Å². The highest BCUT2D eigenvalue weighted by Gasteiger charge is 2.41. The number of carbonyl (C=O) groups is 3. The molecule has 0 unspecified atom stereocenters. The maximum atomic E-state index is 13.3. The number of hydrogen-bond donors (Lipinski definition) is 2. The van der Waals surface area contributed by atoms with Crippen LogP contribution in [-0.2, 0) is 19.4 Å². The van der Waals surface area contributed by atoms with Crippen LogP contribution in [0.15, 0.2) is 36.2 Å². The third-order valence-corrected chi connectivity index (χ3v) is 7.81. The van der Waals surface area contributed by atoms with E-state index in [1.165, 1.54) is 0 Å². The van der Waals surface area contributed by atoms with Crippen molar-refractivity contribution < 1.29 is 22.8 Å². The number of carbonyl (C=O) groups excluding carboxylic acids is 3. The first-order valence-corrected chi connectivity index (χ1v) is 14.2. The SMILES string of the molecule is CN1C=C2C(=O)N(C3CCN(C(=O)[C@@H](CCS(C)(=O)=O)NC(=O)Nc4ccc(Cl)cc4)CC3)CN2C1. The van der Waals surface area contributed by atoms with Crippen molar-refractivity contribution in [1.29, 1.82) is 0 Å². The van der Waals surface area contributed by atoms with E-state index in [4.69, 9.17) is 11.6 Å². The number of sulfone groups is 1. The highest BCUT2D eigenvalue weighted by molar-refractivity contribution is 7.90. The minimum absolute atomic E-state index is 0.00990. The van der Waals surface area contributed by atoms with Gasteiger partial charge in [0.1, 0.15) is 21.6 Å². The Morgan fingerprint density at radius 3 is 2.42 bits per heavy atom. The number of hydrogen-bond acceptors (Lipinski definition) is 7. The van der Waals surface area contributed by atoms with Gasteiger partial charge in [-0.05, 0) is 43.5 Å². The quantitative estimate of drug-likeness (QED) is 0.533. The molecule has 1 aromatic rings. The van der Waals surface area contributed by atoms with Gasteiger partial charge in [0, 0.05) is 49.3 Å². The predicted molar refractivity (Wildman–Crippen MR) is 136 cm³/mol. The van der Waals surface area contributed by atoms with Crippen LogP contribution in [0.25, 0.3) is 0 Å². The molecule has 2 fully saturated rings.